The Morgan fingerprint density at radius 3 is 1.45 bits per heavy atom. The van der Waals surface area contributed by atoms with Gasteiger partial charge in [0.05, 0.1) is 6.34 Å². The Bertz CT molecular complexity index is 159. The van der Waals surface area contributed by atoms with Gasteiger partial charge in [0.2, 0.25) is 0 Å². The Balaban J connectivity index is 0. The molecule has 0 aromatic heterocycles. The van der Waals surface area contributed by atoms with Gasteiger partial charge in [0.25, 0.3) is 0 Å². The molecule has 0 aromatic rings. The van der Waals surface area contributed by atoms with Gasteiger partial charge in [-0.3, -0.25) is 5.41 Å². The summed E-state index contributed by atoms with van der Waals surface area (Å²) in [6, 6.07) is 0. The summed E-state index contributed by atoms with van der Waals surface area (Å²) in [6.45, 7) is 0. The van der Waals surface area contributed by atoms with Gasteiger partial charge in [-0.05, 0) is 0 Å². The zero-order valence-electron chi connectivity index (χ0n) is 5.52. The summed E-state index contributed by atoms with van der Waals surface area (Å²) in [5, 5.41) is 21.5. The fourth-order valence-electron chi connectivity index (χ4n) is 0.143. The van der Waals surface area contributed by atoms with Gasteiger partial charge < -0.3 is 15.9 Å². The Morgan fingerprint density at radius 1 is 1.18 bits per heavy atom. The maximum absolute atomic E-state index is 9.55. The number of nitrogens with two attached hydrogens (primary N) is 1. The van der Waals surface area contributed by atoms with Gasteiger partial charge in [-0.1, -0.05) is 0 Å². The van der Waals surface area contributed by atoms with Crippen molar-refractivity contribution in [2.24, 2.45) is 5.73 Å². The third-order valence-corrected chi connectivity index (χ3v) is 0.368. The standard InChI is InChI=1S/C4H4O4.CH4N2/c5-3(6)1-2-4(7)8;2-1-3/h1-2H,(H,5,6)(H,7,8);1H,(H3,2,3). The molecule has 0 aromatic carbocycles. The van der Waals surface area contributed by atoms with Crippen LogP contribution in [0.25, 0.3) is 0 Å². The smallest absolute Gasteiger partial charge is 0.328 e. The molecule has 0 rings (SSSR count). The molecule has 0 spiro atoms. The van der Waals surface area contributed by atoms with Gasteiger partial charge in [0.15, 0.2) is 0 Å². The monoisotopic (exact) mass is 160 g/mol. The predicted octanol–water partition coefficient (Wildman–Crippen LogP) is -0.736. The highest BCUT2D eigenvalue weighted by molar-refractivity contribution is 5.89. The van der Waals surface area contributed by atoms with E-state index in [0.29, 0.717) is 12.2 Å². The van der Waals surface area contributed by atoms with Crippen LogP contribution in [0.1, 0.15) is 0 Å². The quantitative estimate of drug-likeness (QED) is 0.240. The molecular weight excluding hydrogens is 152 g/mol. The SMILES string of the molecule is N=CN.O=C(O)C=CC(=O)O. The van der Waals surface area contributed by atoms with Crippen molar-refractivity contribution >= 4 is 18.3 Å². The number of rotatable bonds is 2. The van der Waals surface area contributed by atoms with Crippen molar-refractivity contribution < 1.29 is 19.8 Å². The minimum atomic E-state index is -1.26. The first-order chi connectivity index (χ1) is 5.04. The second-order valence-corrected chi connectivity index (χ2v) is 1.18. The summed E-state index contributed by atoms with van der Waals surface area (Å²) in [5.41, 5.74) is 4.39. The summed E-state index contributed by atoms with van der Waals surface area (Å²) < 4.78 is 0. The average Bonchev–Trinajstić information content (AvgIpc) is 1.85. The van der Waals surface area contributed by atoms with Gasteiger partial charge in [0, 0.05) is 12.2 Å². The molecule has 0 unspecified atom stereocenters. The number of nitrogens with one attached hydrogen (secondary N) is 1. The van der Waals surface area contributed by atoms with E-state index in [0.717, 1.165) is 6.34 Å². The highest BCUT2D eigenvalue weighted by Gasteiger charge is 1.88. The molecule has 0 aliphatic heterocycles. The fourth-order valence-corrected chi connectivity index (χ4v) is 0.143. The molecule has 0 saturated carbocycles. The number of carboxylic acid groups (broad SMARTS) is 2. The van der Waals surface area contributed by atoms with Crippen molar-refractivity contribution in [2.45, 2.75) is 0 Å². The van der Waals surface area contributed by atoms with Gasteiger partial charge in [-0.25, -0.2) is 9.59 Å². The van der Waals surface area contributed by atoms with E-state index in [4.69, 9.17) is 15.6 Å². The number of aliphatic carboxylic acids is 2. The molecule has 0 atom stereocenters. The van der Waals surface area contributed by atoms with E-state index in [1.54, 1.807) is 0 Å². The Morgan fingerprint density at radius 2 is 1.36 bits per heavy atom. The average molecular weight is 160 g/mol. The van der Waals surface area contributed by atoms with E-state index in [2.05, 4.69) is 5.73 Å². The van der Waals surface area contributed by atoms with Crippen molar-refractivity contribution in [3.63, 3.8) is 0 Å². The maximum Gasteiger partial charge on any atom is 0.328 e. The van der Waals surface area contributed by atoms with Gasteiger partial charge in [-0.15, -0.1) is 0 Å². The Kier molecular flexibility index (Phi) is 8.81. The molecule has 0 fully saturated rings. The first-order valence-corrected chi connectivity index (χ1v) is 2.39. The van der Waals surface area contributed by atoms with Crippen LogP contribution in [-0.4, -0.2) is 28.5 Å². The second kappa shape index (κ2) is 8.15. The van der Waals surface area contributed by atoms with E-state index in [1.165, 1.54) is 0 Å². The summed E-state index contributed by atoms with van der Waals surface area (Å²) in [6.07, 6.45) is 1.87. The van der Waals surface area contributed by atoms with Crippen LogP contribution in [0.15, 0.2) is 12.2 Å². The molecule has 0 amide bonds. The Hall–Kier alpha value is -1.85. The summed E-state index contributed by atoms with van der Waals surface area (Å²) in [4.78, 5) is 19.1. The van der Waals surface area contributed by atoms with Crippen LogP contribution in [0, 0.1) is 5.41 Å². The third kappa shape index (κ3) is 31.1. The lowest BCUT2D eigenvalue weighted by Gasteiger charge is -1.74. The first kappa shape index (κ1) is 11.9. The van der Waals surface area contributed by atoms with E-state index >= 15 is 0 Å². The number of carboxylic acids is 2. The van der Waals surface area contributed by atoms with Gasteiger partial charge in [0.1, 0.15) is 0 Å². The highest BCUT2D eigenvalue weighted by atomic mass is 16.4. The minimum Gasteiger partial charge on any atom is -0.478 e. The number of hydrogen-bond donors (Lipinski definition) is 4. The predicted molar refractivity (Wildman–Crippen MR) is 37.4 cm³/mol. The molecule has 0 aliphatic rings. The number of hydrogen-bond acceptors (Lipinski definition) is 3. The van der Waals surface area contributed by atoms with Crippen LogP contribution < -0.4 is 5.73 Å². The van der Waals surface area contributed by atoms with Crippen LogP contribution in [0.5, 0.6) is 0 Å². The molecular formula is C5H8N2O4. The minimum absolute atomic E-state index is 0.558. The molecule has 0 bridgehead atoms. The molecule has 0 heterocycles. The highest BCUT2D eigenvalue weighted by Crippen LogP contribution is 1.70. The van der Waals surface area contributed by atoms with Gasteiger partial charge in [-0.2, -0.15) is 0 Å². The number of carbonyl (C=O) groups is 2. The van der Waals surface area contributed by atoms with Crippen LogP contribution >= 0.6 is 0 Å². The fraction of sp³-hybridized carbons (Fsp3) is 0. The zero-order chi connectivity index (χ0) is 9.28. The zero-order valence-corrected chi connectivity index (χ0v) is 5.52. The van der Waals surface area contributed by atoms with Crippen LogP contribution in [0.4, 0.5) is 0 Å². The van der Waals surface area contributed by atoms with Crippen molar-refractivity contribution in [2.75, 3.05) is 0 Å². The summed E-state index contributed by atoms with van der Waals surface area (Å²) in [5.74, 6) is -2.51. The lowest BCUT2D eigenvalue weighted by atomic mass is 10.5. The van der Waals surface area contributed by atoms with E-state index < -0.39 is 11.9 Å². The largest absolute Gasteiger partial charge is 0.478 e. The molecule has 0 saturated heterocycles. The molecule has 6 nitrogen and oxygen atoms in total. The molecule has 0 radical (unpaired) electrons. The lowest BCUT2D eigenvalue weighted by molar-refractivity contribution is -0.134. The van der Waals surface area contributed by atoms with Crippen LogP contribution in [0.2, 0.25) is 0 Å². The third-order valence-electron chi connectivity index (χ3n) is 0.368. The Labute approximate surface area is 62.5 Å². The van der Waals surface area contributed by atoms with E-state index in [1.807, 2.05) is 0 Å². The van der Waals surface area contributed by atoms with Gasteiger partial charge >= 0.3 is 11.9 Å². The van der Waals surface area contributed by atoms with Crippen LogP contribution in [0.3, 0.4) is 0 Å². The summed E-state index contributed by atoms with van der Waals surface area (Å²) >= 11 is 0. The van der Waals surface area contributed by atoms with E-state index in [-0.39, 0.29) is 0 Å². The molecule has 5 N–H and O–H groups in total. The summed E-state index contributed by atoms with van der Waals surface area (Å²) in [7, 11) is 0. The van der Waals surface area contributed by atoms with Crippen LogP contribution in [-0.2, 0) is 9.59 Å². The van der Waals surface area contributed by atoms with Crippen molar-refractivity contribution in [3.05, 3.63) is 12.2 Å². The normalized spacial score (nSPS) is 8.00. The second-order valence-electron chi connectivity index (χ2n) is 1.18. The topological polar surface area (TPSA) is 124 Å². The van der Waals surface area contributed by atoms with Crippen molar-refractivity contribution in [1.29, 1.82) is 5.41 Å². The molecule has 62 valence electrons. The molecule has 11 heavy (non-hydrogen) atoms. The molecule has 0 aliphatic carbocycles. The molecule has 6 heteroatoms. The maximum atomic E-state index is 9.55. The van der Waals surface area contributed by atoms with Crippen molar-refractivity contribution in [1.82, 2.24) is 0 Å². The van der Waals surface area contributed by atoms with Crippen molar-refractivity contribution in [3.8, 4) is 0 Å². The first-order valence-electron chi connectivity index (χ1n) is 2.39. The lowest BCUT2D eigenvalue weighted by Crippen LogP contribution is -1.91. The van der Waals surface area contributed by atoms with E-state index in [9.17, 15) is 9.59 Å².